The third-order valence-electron chi connectivity index (χ3n) is 9.11. The fraction of sp³-hybridized carbons (Fsp3) is 0.222. The topological polar surface area (TPSA) is 135 Å². The maximum Gasteiger partial charge on any atom is 0.308 e. The lowest BCUT2D eigenvalue weighted by Crippen LogP contribution is -2.33. The van der Waals surface area contributed by atoms with Crippen molar-refractivity contribution < 1.29 is 19.3 Å². The number of rotatable bonds is 9. The van der Waals surface area contributed by atoms with Gasteiger partial charge < -0.3 is 10.2 Å². The quantitative estimate of drug-likeness (QED) is 0.109. The highest BCUT2D eigenvalue weighted by molar-refractivity contribution is 8.00. The van der Waals surface area contributed by atoms with Crippen molar-refractivity contribution in [1.29, 1.82) is 0 Å². The van der Waals surface area contributed by atoms with Gasteiger partial charge in [0.1, 0.15) is 11.8 Å². The number of benzene rings is 4. The van der Waals surface area contributed by atoms with E-state index in [2.05, 4.69) is 24.1 Å². The Kier molecular flexibility index (Phi) is 8.55. The van der Waals surface area contributed by atoms with Crippen LogP contribution in [0.2, 0.25) is 0 Å². The second-order valence-electron chi connectivity index (χ2n) is 11.8. The first kappa shape index (κ1) is 32.3. The van der Waals surface area contributed by atoms with Crippen LogP contribution < -0.4 is 20.0 Å². The number of aromatic nitrogens is 1. The zero-order chi connectivity index (χ0) is 34.4. The lowest BCUT2D eigenvalue weighted by molar-refractivity contribution is -0.384. The molecule has 3 amide bonds. The second-order valence-corrected chi connectivity index (χ2v) is 13.9. The standard InChI is InChI=1S/C36H31N5O6S2/c1-3-38(4-2)23-14-12-22(13-15-23)29-30-31(34(44)40(33(30)43)24-16-18-25(19-17-24)41(46)47)48-35-32(29)49-36(45)39(35)20-28(42)37-27-11-7-9-21-8-5-6-10-26(21)27/h5-19,29-31H,3-4,20H2,1-2H3,(H,37,42)/t29-,30-,31+/m0/s1. The Morgan fingerprint density at radius 3 is 2.29 bits per heavy atom. The highest BCUT2D eigenvalue weighted by atomic mass is 32.2. The molecule has 2 aliphatic rings. The molecule has 3 heterocycles. The third-order valence-corrected chi connectivity index (χ3v) is 11.7. The molecule has 0 aliphatic carbocycles. The molecule has 7 rings (SSSR count). The molecule has 0 radical (unpaired) electrons. The molecule has 13 heteroatoms. The predicted octanol–water partition coefficient (Wildman–Crippen LogP) is 6.25. The molecule has 1 fully saturated rings. The summed E-state index contributed by atoms with van der Waals surface area (Å²) in [7, 11) is 0. The van der Waals surface area contributed by atoms with Crippen LogP contribution in [0.4, 0.5) is 22.7 Å². The average Bonchev–Trinajstić information content (AvgIpc) is 3.55. The number of thiazole rings is 1. The Morgan fingerprint density at radius 2 is 1.59 bits per heavy atom. The maximum absolute atomic E-state index is 14.2. The number of non-ortho nitro benzene ring substituents is 1. The molecule has 1 N–H and O–H groups in total. The first-order valence-electron chi connectivity index (χ1n) is 15.8. The molecule has 2 aliphatic heterocycles. The van der Waals surface area contributed by atoms with Crippen LogP contribution in [0.1, 0.15) is 30.2 Å². The third kappa shape index (κ3) is 5.68. The number of thioether (sulfide) groups is 1. The second kappa shape index (κ2) is 13.0. The first-order chi connectivity index (χ1) is 23.7. The summed E-state index contributed by atoms with van der Waals surface area (Å²) in [5, 5.41) is 15.6. The molecule has 3 atom stereocenters. The number of nitro groups is 1. The highest BCUT2D eigenvalue weighted by Crippen LogP contribution is 2.54. The SMILES string of the molecule is CCN(CC)c1ccc([C@@H]2c3sc(=O)n(CC(=O)Nc4cccc5ccccc45)c3S[C@H]3C(=O)N(c4ccc([N+](=O)[O-])cc4)C(=O)[C@@H]23)cc1. The zero-order valence-electron chi connectivity index (χ0n) is 26.6. The first-order valence-corrected chi connectivity index (χ1v) is 17.5. The lowest BCUT2D eigenvalue weighted by atomic mass is 9.83. The van der Waals surface area contributed by atoms with Crippen LogP contribution in [-0.2, 0) is 20.9 Å². The molecular formula is C36H31N5O6S2. The van der Waals surface area contributed by atoms with Crippen LogP contribution in [0.25, 0.3) is 10.8 Å². The van der Waals surface area contributed by atoms with E-state index in [0.29, 0.717) is 15.6 Å². The molecular weight excluding hydrogens is 663 g/mol. The minimum absolute atomic E-state index is 0.159. The minimum Gasteiger partial charge on any atom is -0.372 e. The molecule has 1 aromatic heterocycles. The number of carbonyl (C=O) groups excluding carboxylic acids is 3. The van der Waals surface area contributed by atoms with Crippen molar-refractivity contribution in [3.05, 3.63) is 121 Å². The number of amides is 3. The van der Waals surface area contributed by atoms with E-state index in [9.17, 15) is 29.3 Å². The summed E-state index contributed by atoms with van der Waals surface area (Å²) in [6.07, 6.45) is 0. The van der Waals surface area contributed by atoms with E-state index in [1.54, 1.807) is 6.07 Å². The lowest BCUT2D eigenvalue weighted by Gasteiger charge is -2.31. The molecule has 0 saturated carbocycles. The summed E-state index contributed by atoms with van der Waals surface area (Å²) in [4.78, 5) is 69.6. The van der Waals surface area contributed by atoms with Crippen molar-refractivity contribution in [3.8, 4) is 0 Å². The van der Waals surface area contributed by atoms with Crippen LogP contribution in [0.3, 0.4) is 0 Å². The summed E-state index contributed by atoms with van der Waals surface area (Å²) in [5.41, 5.74) is 2.48. The summed E-state index contributed by atoms with van der Waals surface area (Å²) in [6.45, 7) is 5.48. The van der Waals surface area contributed by atoms with Gasteiger partial charge in [-0.15, -0.1) is 0 Å². The van der Waals surface area contributed by atoms with E-state index in [1.165, 1.54) is 28.8 Å². The van der Waals surface area contributed by atoms with E-state index in [1.807, 2.05) is 60.7 Å². The van der Waals surface area contributed by atoms with Crippen LogP contribution in [0.15, 0.2) is 101 Å². The number of fused-ring (bicyclic) bond motifs is 3. The van der Waals surface area contributed by atoms with E-state index >= 15 is 0 Å². The van der Waals surface area contributed by atoms with Crippen molar-refractivity contribution in [2.24, 2.45) is 5.92 Å². The molecule has 0 unspecified atom stereocenters. The fourth-order valence-corrected chi connectivity index (χ4v) is 9.51. The molecule has 0 spiro atoms. The van der Waals surface area contributed by atoms with Crippen molar-refractivity contribution in [1.82, 2.24) is 4.57 Å². The summed E-state index contributed by atoms with van der Waals surface area (Å²) in [5.74, 6) is -2.79. The van der Waals surface area contributed by atoms with Gasteiger partial charge in [0.15, 0.2) is 0 Å². The number of carbonyl (C=O) groups is 3. The van der Waals surface area contributed by atoms with Crippen LogP contribution >= 0.6 is 23.1 Å². The van der Waals surface area contributed by atoms with Crippen molar-refractivity contribution >= 4 is 74.3 Å². The maximum atomic E-state index is 14.2. The molecule has 11 nitrogen and oxygen atoms in total. The van der Waals surface area contributed by atoms with Gasteiger partial charge >= 0.3 is 4.87 Å². The van der Waals surface area contributed by atoms with Crippen molar-refractivity contribution in [2.75, 3.05) is 28.2 Å². The number of hydrogen-bond donors (Lipinski definition) is 1. The smallest absolute Gasteiger partial charge is 0.308 e. The van der Waals surface area contributed by atoms with Gasteiger partial charge in [0.05, 0.1) is 21.6 Å². The number of nitrogens with one attached hydrogen (secondary N) is 1. The minimum atomic E-state index is -0.885. The molecule has 4 aromatic carbocycles. The van der Waals surface area contributed by atoms with Gasteiger partial charge in [0.25, 0.3) is 5.69 Å². The van der Waals surface area contributed by atoms with Crippen molar-refractivity contribution in [3.63, 3.8) is 0 Å². The van der Waals surface area contributed by atoms with Gasteiger partial charge in [-0.1, -0.05) is 71.6 Å². The van der Waals surface area contributed by atoms with Gasteiger partial charge in [-0.05, 0) is 55.1 Å². The number of nitrogens with zero attached hydrogens (tertiary/aromatic N) is 4. The van der Waals surface area contributed by atoms with E-state index in [4.69, 9.17) is 0 Å². The van der Waals surface area contributed by atoms with Crippen LogP contribution in [-0.4, -0.2) is 45.6 Å². The summed E-state index contributed by atoms with van der Waals surface area (Å²) in [6, 6.07) is 26.4. The van der Waals surface area contributed by atoms with E-state index < -0.39 is 39.7 Å². The normalized spacial score (nSPS) is 18.3. The predicted molar refractivity (Wildman–Crippen MR) is 192 cm³/mol. The van der Waals surface area contributed by atoms with Gasteiger partial charge in [0.2, 0.25) is 17.7 Å². The summed E-state index contributed by atoms with van der Waals surface area (Å²) >= 11 is 2.11. The monoisotopic (exact) mass is 693 g/mol. The Balaban J connectivity index is 1.27. The average molecular weight is 694 g/mol. The van der Waals surface area contributed by atoms with Gasteiger partial charge in [0, 0.05) is 52.8 Å². The van der Waals surface area contributed by atoms with E-state index in [0.717, 1.165) is 63.1 Å². The Hall–Kier alpha value is -5.27. The number of anilines is 3. The zero-order valence-corrected chi connectivity index (χ0v) is 28.2. The van der Waals surface area contributed by atoms with Crippen molar-refractivity contribution in [2.45, 2.75) is 36.6 Å². The summed E-state index contributed by atoms with van der Waals surface area (Å²) < 4.78 is 1.39. The van der Waals surface area contributed by atoms with E-state index in [-0.39, 0.29) is 22.8 Å². The van der Waals surface area contributed by atoms with Gasteiger partial charge in [-0.25, -0.2) is 4.90 Å². The fourth-order valence-electron chi connectivity index (χ4n) is 6.74. The Bertz CT molecular complexity index is 2170. The molecule has 49 heavy (non-hydrogen) atoms. The number of nitro benzene ring substituents is 1. The van der Waals surface area contributed by atoms with Crippen LogP contribution in [0, 0.1) is 16.0 Å². The number of imide groups is 1. The Labute approximate surface area is 289 Å². The van der Waals surface area contributed by atoms with Gasteiger partial charge in [-0.3, -0.25) is 33.9 Å². The largest absolute Gasteiger partial charge is 0.372 e. The number of hydrogen-bond acceptors (Lipinski definition) is 9. The molecule has 1 saturated heterocycles. The van der Waals surface area contributed by atoms with Gasteiger partial charge in [-0.2, -0.15) is 0 Å². The molecule has 5 aromatic rings. The Morgan fingerprint density at radius 1 is 0.898 bits per heavy atom. The molecule has 0 bridgehead atoms. The van der Waals surface area contributed by atoms with Crippen LogP contribution in [0.5, 0.6) is 0 Å². The molecule has 248 valence electrons. The highest BCUT2D eigenvalue weighted by Gasteiger charge is 2.56.